The minimum absolute atomic E-state index is 0.0237. The van der Waals surface area contributed by atoms with Gasteiger partial charge in [0.1, 0.15) is 18.0 Å². The van der Waals surface area contributed by atoms with Crippen LogP contribution in [0.2, 0.25) is 5.02 Å². The Morgan fingerprint density at radius 1 is 1.30 bits per heavy atom. The fourth-order valence-electron chi connectivity index (χ4n) is 3.20. The molecule has 1 unspecified atom stereocenters. The number of carbonyl (C=O) groups is 1. The first kappa shape index (κ1) is 21.8. The molecule has 27 heavy (non-hydrogen) atoms. The molecule has 1 aromatic carbocycles. The highest BCUT2D eigenvalue weighted by Crippen LogP contribution is 2.37. The summed E-state index contributed by atoms with van der Waals surface area (Å²) in [5, 5.41) is 0.578. The van der Waals surface area contributed by atoms with E-state index in [4.69, 9.17) is 21.1 Å². The molecule has 2 atom stereocenters. The standard InChI is InChI=1S/C21H33ClN2O3/c1-15-7-9-18(24(14-15)20(25)27-21(2,3)4)16-8-10-19(17(22)13-16)26-12-11-23(5)6/h8,10,13,15,18H,7,9,11-12,14H2,1-6H3/t15-,18?/m0/s1. The summed E-state index contributed by atoms with van der Waals surface area (Å²) in [6.45, 7) is 9.95. The monoisotopic (exact) mass is 396 g/mol. The van der Waals surface area contributed by atoms with E-state index in [0.29, 0.717) is 29.8 Å². The van der Waals surface area contributed by atoms with Gasteiger partial charge in [-0.25, -0.2) is 4.79 Å². The van der Waals surface area contributed by atoms with Crippen LogP contribution in [0.25, 0.3) is 0 Å². The minimum Gasteiger partial charge on any atom is -0.491 e. The lowest BCUT2D eigenvalue weighted by Crippen LogP contribution is -2.44. The SMILES string of the molecule is C[C@H]1CCC(c2ccc(OCCN(C)C)c(Cl)c2)N(C(=O)OC(C)(C)C)C1. The van der Waals surface area contributed by atoms with Crippen LogP contribution in [0, 0.1) is 5.92 Å². The number of amides is 1. The summed E-state index contributed by atoms with van der Waals surface area (Å²) in [4.78, 5) is 16.6. The number of piperidine rings is 1. The lowest BCUT2D eigenvalue weighted by atomic mass is 9.90. The molecule has 0 radical (unpaired) electrons. The molecular formula is C21H33ClN2O3. The molecular weight excluding hydrogens is 364 g/mol. The van der Waals surface area contributed by atoms with Gasteiger partial charge < -0.3 is 19.3 Å². The number of nitrogens with zero attached hydrogens (tertiary/aromatic N) is 2. The van der Waals surface area contributed by atoms with Crippen molar-refractivity contribution in [2.24, 2.45) is 5.92 Å². The van der Waals surface area contributed by atoms with Crippen LogP contribution in [-0.4, -0.2) is 55.3 Å². The van der Waals surface area contributed by atoms with Gasteiger partial charge in [-0.05, 0) is 71.3 Å². The van der Waals surface area contributed by atoms with E-state index >= 15 is 0 Å². The van der Waals surface area contributed by atoms with E-state index < -0.39 is 5.60 Å². The minimum atomic E-state index is -0.510. The van der Waals surface area contributed by atoms with Crippen LogP contribution in [-0.2, 0) is 4.74 Å². The molecule has 0 aliphatic carbocycles. The largest absolute Gasteiger partial charge is 0.491 e. The number of benzene rings is 1. The first-order valence-corrected chi connectivity index (χ1v) is 10.0. The summed E-state index contributed by atoms with van der Waals surface area (Å²) >= 11 is 6.45. The highest BCUT2D eigenvalue weighted by Gasteiger charge is 2.34. The van der Waals surface area contributed by atoms with Gasteiger partial charge in [-0.1, -0.05) is 24.6 Å². The Morgan fingerprint density at radius 2 is 2.00 bits per heavy atom. The third-order valence-electron chi connectivity index (χ3n) is 4.58. The normalized spacial score (nSPS) is 20.7. The Kier molecular flexibility index (Phi) is 7.40. The number of carbonyl (C=O) groups excluding carboxylic acids is 1. The summed E-state index contributed by atoms with van der Waals surface area (Å²) in [6, 6.07) is 5.81. The van der Waals surface area contributed by atoms with E-state index in [1.165, 1.54) is 0 Å². The molecule has 0 bridgehead atoms. The topological polar surface area (TPSA) is 42.0 Å². The van der Waals surface area contributed by atoms with Gasteiger partial charge in [0.15, 0.2) is 0 Å². The van der Waals surface area contributed by atoms with Crippen molar-refractivity contribution in [3.8, 4) is 5.75 Å². The zero-order valence-corrected chi connectivity index (χ0v) is 18.2. The highest BCUT2D eigenvalue weighted by atomic mass is 35.5. The Balaban J connectivity index is 2.15. The van der Waals surface area contributed by atoms with Crippen LogP contribution < -0.4 is 4.74 Å². The average Bonchev–Trinajstić information content (AvgIpc) is 2.54. The van der Waals surface area contributed by atoms with Crippen molar-refractivity contribution in [3.05, 3.63) is 28.8 Å². The van der Waals surface area contributed by atoms with Crippen molar-refractivity contribution in [2.75, 3.05) is 33.8 Å². The first-order valence-electron chi connectivity index (χ1n) is 9.63. The fraction of sp³-hybridized carbons (Fsp3) is 0.667. The fourth-order valence-corrected chi connectivity index (χ4v) is 3.44. The van der Waals surface area contributed by atoms with Gasteiger partial charge in [0.2, 0.25) is 0 Å². The lowest BCUT2D eigenvalue weighted by Gasteiger charge is -2.39. The zero-order chi connectivity index (χ0) is 20.2. The maximum Gasteiger partial charge on any atom is 0.410 e. The van der Waals surface area contributed by atoms with Crippen LogP contribution in [0.1, 0.15) is 52.1 Å². The summed E-state index contributed by atoms with van der Waals surface area (Å²) in [5.74, 6) is 1.13. The van der Waals surface area contributed by atoms with Gasteiger partial charge in [0.25, 0.3) is 0 Å². The van der Waals surface area contributed by atoms with Gasteiger partial charge in [-0.15, -0.1) is 0 Å². The number of hydrogen-bond acceptors (Lipinski definition) is 4. The molecule has 1 heterocycles. The summed E-state index contributed by atoms with van der Waals surface area (Å²) in [7, 11) is 4.01. The third kappa shape index (κ3) is 6.58. The molecule has 2 rings (SSSR count). The second-order valence-electron chi connectivity index (χ2n) is 8.67. The molecule has 1 amide bonds. The first-order chi connectivity index (χ1) is 12.6. The number of likely N-dealkylation sites (N-methyl/N-ethyl adjacent to an activating group) is 1. The van der Waals surface area contributed by atoms with Gasteiger partial charge in [-0.2, -0.15) is 0 Å². The van der Waals surface area contributed by atoms with Gasteiger partial charge in [0.05, 0.1) is 11.1 Å². The number of rotatable bonds is 5. The van der Waals surface area contributed by atoms with E-state index in [9.17, 15) is 4.79 Å². The van der Waals surface area contributed by atoms with Crippen molar-refractivity contribution in [3.63, 3.8) is 0 Å². The molecule has 152 valence electrons. The Hall–Kier alpha value is -1.46. The van der Waals surface area contributed by atoms with E-state index in [2.05, 4.69) is 11.8 Å². The molecule has 5 nitrogen and oxygen atoms in total. The van der Waals surface area contributed by atoms with Crippen molar-refractivity contribution < 1.29 is 14.3 Å². The second kappa shape index (κ2) is 9.16. The van der Waals surface area contributed by atoms with Crippen molar-refractivity contribution in [2.45, 2.75) is 52.2 Å². The molecule has 0 aromatic heterocycles. The zero-order valence-electron chi connectivity index (χ0n) is 17.4. The van der Waals surface area contributed by atoms with E-state index in [1.807, 2.05) is 58.0 Å². The Labute approximate surface area is 168 Å². The number of hydrogen-bond donors (Lipinski definition) is 0. The Morgan fingerprint density at radius 3 is 2.59 bits per heavy atom. The molecule has 1 aromatic rings. The molecule has 0 spiro atoms. The molecule has 1 saturated heterocycles. The average molecular weight is 397 g/mol. The molecule has 1 aliphatic heterocycles. The van der Waals surface area contributed by atoms with E-state index in [-0.39, 0.29) is 12.1 Å². The van der Waals surface area contributed by atoms with Gasteiger partial charge in [0, 0.05) is 13.1 Å². The van der Waals surface area contributed by atoms with Crippen LogP contribution >= 0.6 is 11.6 Å². The number of halogens is 1. The smallest absolute Gasteiger partial charge is 0.410 e. The predicted molar refractivity (Wildman–Crippen MR) is 110 cm³/mol. The predicted octanol–water partition coefficient (Wildman–Crippen LogP) is 4.99. The molecule has 1 aliphatic rings. The second-order valence-corrected chi connectivity index (χ2v) is 9.08. The van der Waals surface area contributed by atoms with Gasteiger partial charge in [-0.3, -0.25) is 0 Å². The van der Waals surface area contributed by atoms with E-state index in [1.54, 1.807) is 0 Å². The van der Waals surface area contributed by atoms with Crippen LogP contribution in [0.15, 0.2) is 18.2 Å². The van der Waals surface area contributed by atoms with Crippen LogP contribution in [0.4, 0.5) is 4.79 Å². The van der Waals surface area contributed by atoms with Crippen LogP contribution in [0.5, 0.6) is 5.75 Å². The molecule has 0 saturated carbocycles. The van der Waals surface area contributed by atoms with Crippen LogP contribution in [0.3, 0.4) is 0 Å². The maximum atomic E-state index is 12.7. The highest BCUT2D eigenvalue weighted by molar-refractivity contribution is 6.32. The van der Waals surface area contributed by atoms with Crippen molar-refractivity contribution >= 4 is 17.7 Å². The van der Waals surface area contributed by atoms with Gasteiger partial charge >= 0.3 is 6.09 Å². The quantitative estimate of drug-likeness (QED) is 0.703. The maximum absolute atomic E-state index is 12.7. The van der Waals surface area contributed by atoms with Crippen molar-refractivity contribution in [1.82, 2.24) is 9.80 Å². The number of ether oxygens (including phenoxy) is 2. The lowest BCUT2D eigenvalue weighted by molar-refractivity contribution is 0.00363. The third-order valence-corrected chi connectivity index (χ3v) is 4.88. The van der Waals surface area contributed by atoms with Crippen molar-refractivity contribution in [1.29, 1.82) is 0 Å². The number of likely N-dealkylation sites (tertiary alicyclic amines) is 1. The molecule has 1 fully saturated rings. The molecule has 6 heteroatoms. The summed E-state index contributed by atoms with van der Waals surface area (Å²) < 4.78 is 11.4. The summed E-state index contributed by atoms with van der Waals surface area (Å²) in [5.41, 5.74) is 0.516. The summed E-state index contributed by atoms with van der Waals surface area (Å²) in [6.07, 6.45) is 1.71. The molecule has 0 N–H and O–H groups in total. The van der Waals surface area contributed by atoms with E-state index in [0.717, 1.165) is 24.9 Å². The Bertz CT molecular complexity index is 643.